The van der Waals surface area contributed by atoms with Crippen LogP contribution < -0.4 is 11.5 Å². The van der Waals surface area contributed by atoms with Crippen molar-refractivity contribution in [3.05, 3.63) is 29.8 Å². The molecule has 0 saturated carbocycles. The van der Waals surface area contributed by atoms with Crippen LogP contribution in [0.1, 0.15) is 18.4 Å². The molecule has 0 radical (unpaired) electrons. The third kappa shape index (κ3) is 4.46. The molecular weight excluding hydrogens is 270 g/mol. The largest absolute Gasteiger partial charge is 0.399 e. The van der Waals surface area contributed by atoms with Crippen LogP contribution in [0.2, 0.25) is 0 Å². The van der Waals surface area contributed by atoms with Crippen LogP contribution in [-0.4, -0.2) is 36.5 Å². The Morgan fingerprint density at radius 2 is 2.00 bits per heavy atom. The van der Waals surface area contributed by atoms with Crippen molar-refractivity contribution in [2.24, 2.45) is 11.7 Å². The maximum atomic E-state index is 12.6. The molecule has 21 heavy (non-hydrogen) atoms. The first kappa shape index (κ1) is 15.3. The van der Waals surface area contributed by atoms with Crippen molar-refractivity contribution in [3.63, 3.8) is 0 Å². The highest BCUT2D eigenvalue weighted by atomic mass is 16.5. The van der Waals surface area contributed by atoms with Crippen LogP contribution in [0.15, 0.2) is 24.3 Å². The Bertz CT molecular complexity index is 513. The Labute approximate surface area is 124 Å². The molecule has 1 aliphatic rings. The summed E-state index contributed by atoms with van der Waals surface area (Å²) in [6.07, 6.45) is 1.37. The van der Waals surface area contributed by atoms with E-state index < -0.39 is 5.91 Å². The number of carbonyl (C=O) groups is 2. The fraction of sp³-hybridized carbons (Fsp3) is 0.467. The van der Waals surface area contributed by atoms with Gasteiger partial charge in [-0.3, -0.25) is 9.59 Å². The third-order valence-corrected chi connectivity index (χ3v) is 3.55. The average molecular weight is 291 g/mol. The number of ether oxygens (including phenoxy) is 1. The van der Waals surface area contributed by atoms with E-state index in [0.717, 1.165) is 5.56 Å². The smallest absolute Gasteiger partial charge is 0.237 e. The van der Waals surface area contributed by atoms with E-state index in [0.29, 0.717) is 38.3 Å². The zero-order valence-corrected chi connectivity index (χ0v) is 12.0. The lowest BCUT2D eigenvalue weighted by Gasteiger charge is -2.28. The summed E-state index contributed by atoms with van der Waals surface area (Å²) in [7, 11) is 0. The predicted octanol–water partition coefficient (Wildman–Crippen LogP) is 0.509. The second kappa shape index (κ2) is 7.08. The topological polar surface area (TPSA) is 98.7 Å². The number of primary amides is 1. The molecule has 0 unspecified atom stereocenters. The molecule has 0 aromatic heterocycles. The number of nitrogen functional groups attached to an aromatic ring is 1. The molecule has 2 amide bonds. The standard InChI is InChI=1S/C15H21N3O3/c16-13-3-1-2-11(8-13)9-18(10-14(17)19)15(20)12-4-6-21-7-5-12/h1-3,8,12H,4-7,9-10,16H2,(H2,17,19). The van der Waals surface area contributed by atoms with E-state index in [9.17, 15) is 9.59 Å². The first-order chi connectivity index (χ1) is 10.1. The number of amides is 2. The molecule has 4 N–H and O–H groups in total. The Morgan fingerprint density at radius 3 is 2.62 bits per heavy atom. The molecule has 0 bridgehead atoms. The molecule has 1 fully saturated rings. The van der Waals surface area contributed by atoms with Crippen LogP contribution in [0.4, 0.5) is 5.69 Å². The normalized spacial score (nSPS) is 15.6. The lowest BCUT2D eigenvalue weighted by atomic mass is 9.98. The second-order valence-electron chi connectivity index (χ2n) is 5.29. The molecule has 114 valence electrons. The summed E-state index contributed by atoms with van der Waals surface area (Å²) in [6, 6.07) is 7.28. The number of hydrogen-bond donors (Lipinski definition) is 2. The van der Waals surface area contributed by atoms with Crippen LogP contribution in [-0.2, 0) is 20.9 Å². The van der Waals surface area contributed by atoms with Crippen molar-refractivity contribution in [2.45, 2.75) is 19.4 Å². The quantitative estimate of drug-likeness (QED) is 0.772. The van der Waals surface area contributed by atoms with Crippen molar-refractivity contribution in [2.75, 3.05) is 25.5 Å². The monoisotopic (exact) mass is 291 g/mol. The summed E-state index contributed by atoms with van der Waals surface area (Å²) < 4.78 is 5.27. The van der Waals surface area contributed by atoms with E-state index in [1.54, 1.807) is 12.1 Å². The van der Waals surface area contributed by atoms with Gasteiger partial charge in [0, 0.05) is 31.4 Å². The maximum absolute atomic E-state index is 12.6. The van der Waals surface area contributed by atoms with Gasteiger partial charge in [0.2, 0.25) is 11.8 Å². The van der Waals surface area contributed by atoms with Gasteiger partial charge in [-0.25, -0.2) is 0 Å². The average Bonchev–Trinajstić information content (AvgIpc) is 2.46. The van der Waals surface area contributed by atoms with Gasteiger partial charge in [0.05, 0.1) is 6.54 Å². The minimum Gasteiger partial charge on any atom is -0.399 e. The fourth-order valence-electron chi connectivity index (χ4n) is 2.51. The van der Waals surface area contributed by atoms with Crippen LogP contribution >= 0.6 is 0 Å². The first-order valence-electron chi connectivity index (χ1n) is 7.05. The van der Waals surface area contributed by atoms with Crippen molar-refractivity contribution < 1.29 is 14.3 Å². The number of benzene rings is 1. The fourth-order valence-corrected chi connectivity index (χ4v) is 2.51. The Balaban J connectivity index is 2.09. The van der Waals surface area contributed by atoms with Gasteiger partial charge in [0.25, 0.3) is 0 Å². The van der Waals surface area contributed by atoms with E-state index in [1.807, 2.05) is 12.1 Å². The number of anilines is 1. The Hall–Kier alpha value is -2.08. The zero-order chi connectivity index (χ0) is 15.2. The van der Waals surface area contributed by atoms with E-state index >= 15 is 0 Å². The van der Waals surface area contributed by atoms with Crippen molar-refractivity contribution in [1.82, 2.24) is 4.90 Å². The van der Waals surface area contributed by atoms with Crippen LogP contribution in [0.25, 0.3) is 0 Å². The third-order valence-electron chi connectivity index (χ3n) is 3.55. The molecule has 1 aliphatic heterocycles. The van der Waals surface area contributed by atoms with Gasteiger partial charge in [-0.1, -0.05) is 12.1 Å². The highest BCUT2D eigenvalue weighted by molar-refractivity contribution is 5.85. The molecule has 0 aliphatic carbocycles. The lowest BCUT2D eigenvalue weighted by Crippen LogP contribution is -2.42. The summed E-state index contributed by atoms with van der Waals surface area (Å²) in [6.45, 7) is 1.42. The number of nitrogens with zero attached hydrogens (tertiary/aromatic N) is 1. The maximum Gasteiger partial charge on any atom is 0.237 e. The SMILES string of the molecule is NC(=O)CN(Cc1cccc(N)c1)C(=O)C1CCOCC1. The summed E-state index contributed by atoms with van der Waals surface area (Å²) in [4.78, 5) is 25.3. The van der Waals surface area contributed by atoms with E-state index in [-0.39, 0.29) is 18.4 Å². The number of carbonyl (C=O) groups excluding carboxylic acids is 2. The Morgan fingerprint density at radius 1 is 1.29 bits per heavy atom. The molecule has 0 atom stereocenters. The highest BCUT2D eigenvalue weighted by Gasteiger charge is 2.27. The summed E-state index contributed by atoms with van der Waals surface area (Å²) in [5.41, 5.74) is 12.5. The van der Waals surface area contributed by atoms with Gasteiger partial charge >= 0.3 is 0 Å². The molecule has 6 nitrogen and oxygen atoms in total. The van der Waals surface area contributed by atoms with Crippen LogP contribution in [0.3, 0.4) is 0 Å². The number of nitrogens with two attached hydrogens (primary N) is 2. The van der Waals surface area contributed by atoms with Crippen molar-refractivity contribution in [3.8, 4) is 0 Å². The minimum atomic E-state index is -0.515. The molecule has 1 aromatic rings. The summed E-state index contributed by atoms with van der Waals surface area (Å²) >= 11 is 0. The highest BCUT2D eigenvalue weighted by Crippen LogP contribution is 2.19. The zero-order valence-electron chi connectivity index (χ0n) is 12.0. The van der Waals surface area contributed by atoms with Gasteiger partial charge in [0.1, 0.15) is 0 Å². The minimum absolute atomic E-state index is 0.0421. The summed E-state index contributed by atoms with van der Waals surface area (Å²) in [5.74, 6) is -0.655. The molecule has 2 rings (SSSR count). The molecule has 1 saturated heterocycles. The summed E-state index contributed by atoms with van der Waals surface area (Å²) in [5, 5.41) is 0. The van der Waals surface area contributed by atoms with Gasteiger partial charge < -0.3 is 21.1 Å². The van der Waals surface area contributed by atoms with Crippen LogP contribution in [0, 0.1) is 5.92 Å². The molecule has 6 heteroatoms. The van der Waals surface area contributed by atoms with Crippen molar-refractivity contribution >= 4 is 17.5 Å². The van der Waals surface area contributed by atoms with Crippen LogP contribution in [0.5, 0.6) is 0 Å². The second-order valence-corrected chi connectivity index (χ2v) is 5.29. The molecule has 1 heterocycles. The predicted molar refractivity (Wildman–Crippen MR) is 79.0 cm³/mol. The van der Waals surface area contributed by atoms with Gasteiger partial charge in [-0.15, -0.1) is 0 Å². The molecule has 0 spiro atoms. The number of rotatable bonds is 5. The van der Waals surface area contributed by atoms with Crippen molar-refractivity contribution in [1.29, 1.82) is 0 Å². The lowest BCUT2D eigenvalue weighted by molar-refractivity contribution is -0.142. The van der Waals surface area contributed by atoms with Gasteiger partial charge in [-0.05, 0) is 30.5 Å². The molecule has 1 aromatic carbocycles. The Kier molecular flexibility index (Phi) is 5.16. The van der Waals surface area contributed by atoms with E-state index in [4.69, 9.17) is 16.2 Å². The first-order valence-corrected chi connectivity index (χ1v) is 7.05. The van der Waals surface area contributed by atoms with E-state index in [1.165, 1.54) is 4.90 Å². The molecular formula is C15H21N3O3. The number of hydrogen-bond acceptors (Lipinski definition) is 4. The van der Waals surface area contributed by atoms with E-state index in [2.05, 4.69) is 0 Å². The van der Waals surface area contributed by atoms with Gasteiger partial charge in [-0.2, -0.15) is 0 Å². The van der Waals surface area contributed by atoms with Gasteiger partial charge in [0.15, 0.2) is 0 Å².